The maximum Gasteiger partial charge on any atom is 0.335 e. The molecule has 1 aromatic carbocycles. The summed E-state index contributed by atoms with van der Waals surface area (Å²) >= 11 is 1.69. The van der Waals surface area contributed by atoms with Gasteiger partial charge in [-0.05, 0) is 36.6 Å². The number of anilines is 1. The molecule has 0 heterocycles. The number of hydrogen-bond acceptors (Lipinski definition) is 4. The number of methoxy groups -OCH3 is 1. The Morgan fingerprint density at radius 1 is 1.42 bits per heavy atom. The lowest BCUT2D eigenvalue weighted by atomic mass is 10.2. The van der Waals surface area contributed by atoms with Crippen molar-refractivity contribution in [2.75, 3.05) is 24.4 Å². The minimum absolute atomic E-state index is 0.101. The van der Waals surface area contributed by atoms with Crippen molar-refractivity contribution in [2.24, 2.45) is 0 Å². The molecule has 2 N–H and O–H groups in total. The van der Waals surface area contributed by atoms with Crippen LogP contribution in [-0.2, 0) is 4.79 Å². The molecule has 5 nitrogen and oxygen atoms in total. The Balaban J connectivity index is 2.72. The zero-order valence-corrected chi connectivity index (χ0v) is 11.8. The zero-order valence-electron chi connectivity index (χ0n) is 10.9. The lowest BCUT2D eigenvalue weighted by molar-refractivity contribution is -0.116. The van der Waals surface area contributed by atoms with Crippen LogP contribution in [0.1, 0.15) is 23.2 Å². The van der Waals surface area contributed by atoms with Crippen LogP contribution in [0.15, 0.2) is 18.2 Å². The van der Waals surface area contributed by atoms with Crippen LogP contribution >= 0.6 is 11.8 Å². The molecule has 19 heavy (non-hydrogen) atoms. The molecular formula is C13H17NO4S. The minimum atomic E-state index is -1.03. The number of nitrogens with one attached hydrogen (secondary N) is 1. The van der Waals surface area contributed by atoms with E-state index in [1.165, 1.54) is 25.3 Å². The van der Waals surface area contributed by atoms with E-state index in [0.717, 1.165) is 12.2 Å². The second-order valence-corrected chi connectivity index (χ2v) is 4.85. The molecule has 0 bridgehead atoms. The van der Waals surface area contributed by atoms with E-state index in [-0.39, 0.29) is 11.5 Å². The van der Waals surface area contributed by atoms with Gasteiger partial charge in [-0.3, -0.25) is 4.79 Å². The third-order valence-electron chi connectivity index (χ3n) is 2.47. The molecule has 6 heteroatoms. The molecule has 0 unspecified atom stereocenters. The van der Waals surface area contributed by atoms with Crippen molar-refractivity contribution in [1.29, 1.82) is 0 Å². The monoisotopic (exact) mass is 283 g/mol. The van der Waals surface area contributed by atoms with Crippen molar-refractivity contribution in [3.05, 3.63) is 23.8 Å². The highest BCUT2D eigenvalue weighted by molar-refractivity contribution is 7.98. The van der Waals surface area contributed by atoms with Gasteiger partial charge in [0.2, 0.25) is 5.91 Å². The first-order valence-electron chi connectivity index (χ1n) is 5.78. The van der Waals surface area contributed by atoms with Crippen LogP contribution in [0.25, 0.3) is 0 Å². The van der Waals surface area contributed by atoms with Crippen LogP contribution in [-0.4, -0.2) is 36.1 Å². The Bertz CT molecular complexity index is 462. The topological polar surface area (TPSA) is 75.6 Å². The van der Waals surface area contributed by atoms with Crippen molar-refractivity contribution in [1.82, 2.24) is 0 Å². The molecule has 0 fully saturated rings. The smallest absolute Gasteiger partial charge is 0.335 e. The molecule has 0 aromatic heterocycles. The fourth-order valence-electron chi connectivity index (χ4n) is 1.52. The number of ether oxygens (including phenoxy) is 1. The van der Waals surface area contributed by atoms with Gasteiger partial charge in [-0.15, -0.1) is 0 Å². The molecule has 1 aromatic rings. The number of amides is 1. The lowest BCUT2D eigenvalue weighted by Crippen LogP contribution is -2.12. The third kappa shape index (κ3) is 4.82. The molecule has 0 aliphatic heterocycles. The van der Waals surface area contributed by atoms with Crippen molar-refractivity contribution in [2.45, 2.75) is 12.8 Å². The molecule has 0 radical (unpaired) electrons. The summed E-state index contributed by atoms with van der Waals surface area (Å²) < 4.78 is 5.08. The summed E-state index contributed by atoms with van der Waals surface area (Å²) in [7, 11) is 1.43. The molecule has 1 rings (SSSR count). The van der Waals surface area contributed by atoms with Gasteiger partial charge in [0.15, 0.2) is 0 Å². The third-order valence-corrected chi connectivity index (χ3v) is 3.17. The van der Waals surface area contributed by atoms with E-state index in [0.29, 0.717) is 17.9 Å². The van der Waals surface area contributed by atoms with Crippen LogP contribution in [0, 0.1) is 0 Å². The highest BCUT2D eigenvalue weighted by Crippen LogP contribution is 2.25. The zero-order chi connectivity index (χ0) is 14.3. The fraction of sp³-hybridized carbons (Fsp3) is 0.385. The number of carboxylic acids is 1. The molecule has 0 atom stereocenters. The number of carbonyl (C=O) groups excluding carboxylic acids is 1. The van der Waals surface area contributed by atoms with E-state index < -0.39 is 5.97 Å². The van der Waals surface area contributed by atoms with Gasteiger partial charge in [-0.2, -0.15) is 11.8 Å². The first-order chi connectivity index (χ1) is 9.08. The maximum absolute atomic E-state index is 11.7. The Kier molecular flexibility index (Phi) is 6.21. The molecule has 0 saturated carbocycles. The van der Waals surface area contributed by atoms with Gasteiger partial charge in [0.05, 0.1) is 18.4 Å². The average Bonchev–Trinajstić information content (AvgIpc) is 2.39. The van der Waals surface area contributed by atoms with Crippen molar-refractivity contribution < 1.29 is 19.4 Å². The largest absolute Gasteiger partial charge is 0.495 e. The Labute approximate surface area is 116 Å². The van der Waals surface area contributed by atoms with Gasteiger partial charge in [-0.25, -0.2) is 4.79 Å². The minimum Gasteiger partial charge on any atom is -0.495 e. The van der Waals surface area contributed by atoms with Crippen LogP contribution in [0.5, 0.6) is 5.75 Å². The highest BCUT2D eigenvalue weighted by atomic mass is 32.2. The van der Waals surface area contributed by atoms with Gasteiger partial charge in [-0.1, -0.05) is 0 Å². The normalized spacial score (nSPS) is 10.0. The first-order valence-corrected chi connectivity index (χ1v) is 7.18. The van der Waals surface area contributed by atoms with E-state index in [2.05, 4.69) is 5.32 Å². The van der Waals surface area contributed by atoms with Crippen molar-refractivity contribution >= 4 is 29.3 Å². The van der Waals surface area contributed by atoms with Crippen LogP contribution in [0.3, 0.4) is 0 Å². The first kappa shape index (κ1) is 15.4. The number of thioether (sulfide) groups is 1. The second kappa shape index (κ2) is 7.68. The standard InChI is InChI=1S/C13H17NO4S/c1-18-11-8-9(13(16)17)5-6-10(11)14-12(15)4-3-7-19-2/h5-6,8H,3-4,7H2,1-2H3,(H,14,15)(H,16,17). The second-order valence-electron chi connectivity index (χ2n) is 3.86. The van der Waals surface area contributed by atoms with Crippen molar-refractivity contribution in [3.63, 3.8) is 0 Å². The highest BCUT2D eigenvalue weighted by Gasteiger charge is 2.11. The lowest BCUT2D eigenvalue weighted by Gasteiger charge is -2.10. The van der Waals surface area contributed by atoms with Crippen LogP contribution < -0.4 is 10.1 Å². The SMILES string of the molecule is COc1cc(C(=O)O)ccc1NC(=O)CCCSC. The van der Waals surface area contributed by atoms with E-state index in [4.69, 9.17) is 9.84 Å². The molecule has 104 valence electrons. The molecule has 0 aliphatic carbocycles. The number of hydrogen-bond donors (Lipinski definition) is 2. The van der Waals surface area contributed by atoms with Crippen LogP contribution in [0.4, 0.5) is 5.69 Å². The summed E-state index contributed by atoms with van der Waals surface area (Å²) in [5.41, 5.74) is 0.610. The summed E-state index contributed by atoms with van der Waals surface area (Å²) in [6, 6.07) is 4.36. The Morgan fingerprint density at radius 2 is 2.16 bits per heavy atom. The van der Waals surface area contributed by atoms with Gasteiger partial charge >= 0.3 is 5.97 Å². The number of rotatable bonds is 7. The summed E-state index contributed by atoms with van der Waals surface area (Å²) in [6.07, 6.45) is 3.23. The molecule has 1 amide bonds. The Hall–Kier alpha value is -1.69. The van der Waals surface area contributed by atoms with Gasteiger partial charge in [0, 0.05) is 6.42 Å². The molecule has 0 saturated heterocycles. The molecular weight excluding hydrogens is 266 g/mol. The number of aromatic carboxylic acids is 1. The van der Waals surface area contributed by atoms with E-state index in [1.807, 2.05) is 6.26 Å². The van der Waals surface area contributed by atoms with Gasteiger partial charge in [0.25, 0.3) is 0 Å². The summed E-state index contributed by atoms with van der Waals surface area (Å²) in [5, 5.41) is 11.6. The molecule has 0 aliphatic rings. The van der Waals surface area contributed by atoms with Gasteiger partial charge < -0.3 is 15.2 Å². The van der Waals surface area contributed by atoms with Crippen LogP contribution in [0.2, 0.25) is 0 Å². The number of carbonyl (C=O) groups is 2. The predicted octanol–water partition coefficient (Wildman–Crippen LogP) is 2.48. The molecule has 0 spiro atoms. The quantitative estimate of drug-likeness (QED) is 0.752. The average molecular weight is 283 g/mol. The van der Waals surface area contributed by atoms with E-state index in [9.17, 15) is 9.59 Å². The summed E-state index contributed by atoms with van der Waals surface area (Å²) in [4.78, 5) is 22.5. The maximum atomic E-state index is 11.7. The predicted molar refractivity (Wildman–Crippen MR) is 76.2 cm³/mol. The fourth-order valence-corrected chi connectivity index (χ4v) is 1.95. The van der Waals surface area contributed by atoms with Gasteiger partial charge in [0.1, 0.15) is 5.75 Å². The van der Waals surface area contributed by atoms with Crippen molar-refractivity contribution in [3.8, 4) is 5.75 Å². The number of carboxylic acid groups (broad SMARTS) is 1. The summed E-state index contributed by atoms with van der Waals surface area (Å²) in [5.74, 6) is 0.146. The number of benzene rings is 1. The summed E-state index contributed by atoms with van der Waals surface area (Å²) in [6.45, 7) is 0. The Morgan fingerprint density at radius 3 is 2.74 bits per heavy atom. The van der Waals surface area contributed by atoms with E-state index >= 15 is 0 Å². The van der Waals surface area contributed by atoms with E-state index in [1.54, 1.807) is 11.8 Å².